The molecule has 17 heavy (non-hydrogen) atoms. The summed E-state index contributed by atoms with van der Waals surface area (Å²) < 4.78 is 0. The molecule has 0 fully saturated rings. The Kier molecular flexibility index (Phi) is 6.03. The molecule has 3 nitrogen and oxygen atoms in total. The van der Waals surface area contributed by atoms with E-state index >= 15 is 0 Å². The number of carbonyl (C=O) groups is 1. The molecule has 0 saturated heterocycles. The zero-order chi connectivity index (χ0) is 12.3. The second kappa shape index (κ2) is 6.50. The zero-order valence-electron chi connectivity index (χ0n) is 10.9. The van der Waals surface area contributed by atoms with E-state index in [1.54, 1.807) is 11.0 Å². The molecule has 0 aliphatic heterocycles. The molecule has 0 aliphatic carbocycles. The molecule has 0 heterocycles. The third kappa shape index (κ3) is 4.27. The van der Waals surface area contributed by atoms with Crippen LogP contribution in [0.3, 0.4) is 0 Å². The summed E-state index contributed by atoms with van der Waals surface area (Å²) in [6.07, 6.45) is 0. The van der Waals surface area contributed by atoms with Crippen LogP contribution in [0.15, 0.2) is 18.2 Å². The first-order chi connectivity index (χ1) is 7.41. The summed E-state index contributed by atoms with van der Waals surface area (Å²) in [5, 5.41) is 0. The Morgan fingerprint density at radius 3 is 2.53 bits per heavy atom. The van der Waals surface area contributed by atoms with Crippen LogP contribution in [0, 0.1) is 12.8 Å². The smallest absolute Gasteiger partial charge is 0.253 e. The molecule has 2 N–H and O–H groups in total. The van der Waals surface area contributed by atoms with Crippen molar-refractivity contribution < 1.29 is 4.79 Å². The minimum Gasteiger partial charge on any atom is -0.399 e. The Labute approximate surface area is 109 Å². The van der Waals surface area contributed by atoms with E-state index in [9.17, 15) is 4.79 Å². The van der Waals surface area contributed by atoms with Gasteiger partial charge < -0.3 is 10.6 Å². The summed E-state index contributed by atoms with van der Waals surface area (Å²) in [6.45, 7) is 6.87. The molecule has 0 saturated carbocycles. The highest BCUT2D eigenvalue weighted by Gasteiger charge is 2.14. The van der Waals surface area contributed by atoms with Crippen molar-refractivity contribution in [2.24, 2.45) is 5.92 Å². The lowest BCUT2D eigenvalue weighted by Crippen LogP contribution is -2.30. The van der Waals surface area contributed by atoms with Crippen molar-refractivity contribution in [1.82, 2.24) is 4.90 Å². The lowest BCUT2D eigenvalue weighted by molar-refractivity contribution is 0.0778. The second-order valence-electron chi connectivity index (χ2n) is 4.65. The first kappa shape index (κ1) is 15.8. The van der Waals surface area contributed by atoms with Crippen LogP contribution in [0.25, 0.3) is 0 Å². The minimum atomic E-state index is 0. The molecule has 96 valence electrons. The van der Waals surface area contributed by atoms with E-state index in [0.29, 0.717) is 17.2 Å². The number of aryl methyl sites for hydroxylation is 1. The summed E-state index contributed by atoms with van der Waals surface area (Å²) >= 11 is 0. The first-order valence-corrected chi connectivity index (χ1v) is 5.53. The van der Waals surface area contributed by atoms with E-state index in [1.807, 2.05) is 26.1 Å². The fraction of sp³-hybridized carbons (Fsp3) is 0.462. The molecule has 0 aliphatic rings. The molecule has 0 radical (unpaired) electrons. The molecule has 0 atom stereocenters. The van der Waals surface area contributed by atoms with Crippen LogP contribution in [0.5, 0.6) is 0 Å². The van der Waals surface area contributed by atoms with Gasteiger partial charge in [0.05, 0.1) is 0 Å². The van der Waals surface area contributed by atoms with Gasteiger partial charge in [-0.15, -0.1) is 12.4 Å². The number of rotatable bonds is 3. The van der Waals surface area contributed by atoms with Gasteiger partial charge in [0, 0.05) is 24.8 Å². The number of nitrogen functional groups attached to an aromatic ring is 1. The maximum absolute atomic E-state index is 12.1. The van der Waals surface area contributed by atoms with Crippen molar-refractivity contribution in [3.05, 3.63) is 29.3 Å². The first-order valence-electron chi connectivity index (χ1n) is 5.53. The number of carbonyl (C=O) groups excluding carboxylic acids is 1. The van der Waals surface area contributed by atoms with E-state index < -0.39 is 0 Å². The van der Waals surface area contributed by atoms with Gasteiger partial charge in [0.25, 0.3) is 5.91 Å². The van der Waals surface area contributed by atoms with Crippen LogP contribution >= 0.6 is 12.4 Å². The highest BCUT2D eigenvalue weighted by atomic mass is 35.5. The normalized spacial score (nSPS) is 9.94. The fourth-order valence-electron chi connectivity index (χ4n) is 1.71. The van der Waals surface area contributed by atoms with Gasteiger partial charge in [0.2, 0.25) is 0 Å². The van der Waals surface area contributed by atoms with E-state index in [0.717, 1.165) is 12.1 Å². The van der Waals surface area contributed by atoms with Crippen molar-refractivity contribution in [1.29, 1.82) is 0 Å². The lowest BCUT2D eigenvalue weighted by atomic mass is 10.1. The van der Waals surface area contributed by atoms with Crippen LogP contribution in [0.4, 0.5) is 5.69 Å². The van der Waals surface area contributed by atoms with Gasteiger partial charge in [0.15, 0.2) is 0 Å². The van der Waals surface area contributed by atoms with Gasteiger partial charge >= 0.3 is 0 Å². The van der Waals surface area contributed by atoms with Crippen molar-refractivity contribution in [3.8, 4) is 0 Å². The average Bonchev–Trinajstić information content (AvgIpc) is 2.19. The lowest BCUT2D eigenvalue weighted by Gasteiger charge is -2.20. The van der Waals surface area contributed by atoms with Crippen molar-refractivity contribution in [2.75, 3.05) is 19.3 Å². The van der Waals surface area contributed by atoms with Crippen LogP contribution in [0.1, 0.15) is 29.8 Å². The predicted octanol–water partition coefficient (Wildman–Crippen LogP) is 2.73. The van der Waals surface area contributed by atoms with E-state index in [2.05, 4.69) is 13.8 Å². The molecular weight excluding hydrogens is 236 g/mol. The number of halogens is 1. The van der Waals surface area contributed by atoms with Gasteiger partial charge in [-0.2, -0.15) is 0 Å². The molecule has 0 bridgehead atoms. The Bertz CT molecular complexity index is 391. The standard InChI is InChI=1S/C13H20N2O.ClH/c1-9(2)8-15(4)13(16)12-7-11(14)6-5-10(12)3;/h5-7,9H,8,14H2,1-4H3;1H. The highest BCUT2D eigenvalue weighted by Crippen LogP contribution is 2.15. The topological polar surface area (TPSA) is 46.3 Å². The van der Waals surface area contributed by atoms with E-state index in [-0.39, 0.29) is 18.3 Å². The number of amides is 1. The number of hydrogen-bond acceptors (Lipinski definition) is 2. The van der Waals surface area contributed by atoms with Crippen LogP contribution in [-0.2, 0) is 0 Å². The molecular formula is C13H21ClN2O. The second-order valence-corrected chi connectivity index (χ2v) is 4.65. The Balaban J connectivity index is 0.00000256. The van der Waals surface area contributed by atoms with Crippen molar-refractivity contribution in [3.63, 3.8) is 0 Å². The number of nitrogens with two attached hydrogens (primary N) is 1. The quantitative estimate of drug-likeness (QED) is 0.846. The molecule has 0 aromatic heterocycles. The summed E-state index contributed by atoms with van der Waals surface area (Å²) in [4.78, 5) is 13.9. The number of benzene rings is 1. The molecule has 1 rings (SSSR count). The number of nitrogens with zero attached hydrogens (tertiary/aromatic N) is 1. The van der Waals surface area contributed by atoms with Crippen LogP contribution in [-0.4, -0.2) is 24.4 Å². The fourth-order valence-corrected chi connectivity index (χ4v) is 1.71. The number of anilines is 1. The summed E-state index contributed by atoms with van der Waals surface area (Å²) in [5.41, 5.74) is 7.99. The van der Waals surface area contributed by atoms with Crippen LogP contribution < -0.4 is 5.73 Å². The van der Waals surface area contributed by atoms with E-state index in [4.69, 9.17) is 5.73 Å². The Morgan fingerprint density at radius 1 is 1.41 bits per heavy atom. The maximum Gasteiger partial charge on any atom is 0.253 e. The highest BCUT2D eigenvalue weighted by molar-refractivity contribution is 5.96. The SMILES string of the molecule is Cc1ccc(N)cc1C(=O)N(C)CC(C)C.Cl. The monoisotopic (exact) mass is 256 g/mol. The molecule has 1 aromatic rings. The average molecular weight is 257 g/mol. The predicted molar refractivity (Wildman–Crippen MR) is 74.6 cm³/mol. The summed E-state index contributed by atoms with van der Waals surface area (Å²) in [5.74, 6) is 0.508. The summed E-state index contributed by atoms with van der Waals surface area (Å²) in [6, 6.07) is 5.44. The molecule has 0 spiro atoms. The van der Waals surface area contributed by atoms with E-state index in [1.165, 1.54) is 0 Å². The minimum absolute atomic E-state index is 0. The van der Waals surface area contributed by atoms with Crippen molar-refractivity contribution in [2.45, 2.75) is 20.8 Å². The van der Waals surface area contributed by atoms with Gasteiger partial charge in [-0.1, -0.05) is 19.9 Å². The third-order valence-electron chi connectivity index (χ3n) is 2.48. The largest absolute Gasteiger partial charge is 0.399 e. The molecule has 1 amide bonds. The Hall–Kier alpha value is -1.22. The van der Waals surface area contributed by atoms with Crippen LogP contribution in [0.2, 0.25) is 0 Å². The van der Waals surface area contributed by atoms with Gasteiger partial charge in [0.1, 0.15) is 0 Å². The zero-order valence-corrected chi connectivity index (χ0v) is 11.7. The molecule has 0 unspecified atom stereocenters. The third-order valence-corrected chi connectivity index (χ3v) is 2.48. The maximum atomic E-state index is 12.1. The summed E-state index contributed by atoms with van der Waals surface area (Å²) in [7, 11) is 1.82. The van der Waals surface area contributed by atoms with Crippen molar-refractivity contribution >= 4 is 24.0 Å². The Morgan fingerprint density at radius 2 is 2.00 bits per heavy atom. The van der Waals surface area contributed by atoms with Gasteiger partial charge in [-0.3, -0.25) is 4.79 Å². The van der Waals surface area contributed by atoms with Gasteiger partial charge in [-0.25, -0.2) is 0 Å². The molecule has 4 heteroatoms. The number of hydrogen-bond donors (Lipinski definition) is 1. The molecule has 1 aromatic carbocycles. The van der Waals surface area contributed by atoms with Gasteiger partial charge in [-0.05, 0) is 30.5 Å².